The summed E-state index contributed by atoms with van der Waals surface area (Å²) in [4.78, 5) is 28.4. The first-order valence-corrected chi connectivity index (χ1v) is 8.24. The van der Waals surface area contributed by atoms with Gasteiger partial charge in [-0.15, -0.1) is 10.2 Å². The summed E-state index contributed by atoms with van der Waals surface area (Å²) < 4.78 is 0. The highest BCUT2D eigenvalue weighted by atomic mass is 35.5. The Labute approximate surface area is 152 Å². The number of hydrogen-bond donors (Lipinski definition) is 2. The molecule has 0 saturated heterocycles. The number of aromatic hydroxyl groups is 1. The van der Waals surface area contributed by atoms with Crippen molar-refractivity contribution in [3.05, 3.63) is 53.1 Å². The molecule has 0 spiro atoms. The third kappa shape index (κ3) is 2.82. The minimum Gasteiger partial charge on any atom is -0.493 e. The number of azo groups is 1. The lowest BCUT2D eigenvalue weighted by molar-refractivity contribution is -0.121. The van der Waals surface area contributed by atoms with Gasteiger partial charge in [0.15, 0.2) is 5.69 Å². The van der Waals surface area contributed by atoms with Crippen molar-refractivity contribution < 1.29 is 14.7 Å². The van der Waals surface area contributed by atoms with E-state index in [1.165, 1.54) is 4.90 Å². The monoisotopic (exact) mass is 368 g/mol. The molecule has 4 rings (SSSR count). The fourth-order valence-corrected chi connectivity index (χ4v) is 3.17. The van der Waals surface area contributed by atoms with Gasteiger partial charge in [-0.05, 0) is 29.8 Å². The fraction of sp³-hybridized carbons (Fsp3) is 0.111. The number of aromatic amines is 1. The number of carbonyl (C=O) groups is 2. The fourth-order valence-electron chi connectivity index (χ4n) is 3.00. The van der Waals surface area contributed by atoms with E-state index >= 15 is 0 Å². The number of hydrogen-bond acceptors (Lipinski definition) is 4. The number of aromatic nitrogens is 1. The molecule has 0 aliphatic carbocycles. The van der Waals surface area contributed by atoms with Gasteiger partial charge in [-0.3, -0.25) is 9.59 Å². The van der Waals surface area contributed by atoms with Crippen molar-refractivity contribution in [1.82, 2.24) is 4.98 Å². The molecule has 8 heteroatoms. The van der Waals surface area contributed by atoms with Gasteiger partial charge in [0.05, 0.1) is 11.9 Å². The Kier molecular flexibility index (Phi) is 3.93. The van der Waals surface area contributed by atoms with Crippen LogP contribution in [0.4, 0.5) is 11.4 Å². The maximum atomic E-state index is 12.2. The van der Waals surface area contributed by atoms with Crippen LogP contribution in [-0.2, 0) is 16.0 Å². The van der Waals surface area contributed by atoms with Crippen LogP contribution in [0.25, 0.3) is 10.9 Å². The molecule has 0 unspecified atom stereocenters. The van der Waals surface area contributed by atoms with Crippen LogP contribution in [-0.4, -0.2) is 28.4 Å². The lowest BCUT2D eigenvalue weighted by Crippen LogP contribution is -2.31. The molecule has 0 bridgehead atoms. The van der Waals surface area contributed by atoms with Crippen molar-refractivity contribution in [2.24, 2.45) is 10.2 Å². The zero-order valence-electron chi connectivity index (χ0n) is 13.4. The van der Waals surface area contributed by atoms with Gasteiger partial charge in [0, 0.05) is 16.1 Å². The molecule has 2 aromatic carbocycles. The topological polar surface area (TPSA) is 98.1 Å². The summed E-state index contributed by atoms with van der Waals surface area (Å²) in [6, 6.07) is 12.3. The molecule has 3 aromatic rings. The Balaban J connectivity index is 1.57. The van der Waals surface area contributed by atoms with Crippen LogP contribution >= 0.6 is 11.6 Å². The van der Waals surface area contributed by atoms with E-state index in [0.717, 1.165) is 5.56 Å². The SMILES string of the molecule is O=C(CN1C(=O)Cc2ccccc21)N=Nc1c(O)[nH]c2ccc(Cl)cc12. The van der Waals surface area contributed by atoms with E-state index in [1.807, 2.05) is 18.2 Å². The molecule has 0 radical (unpaired) electrons. The summed E-state index contributed by atoms with van der Waals surface area (Å²) in [5.74, 6) is -0.955. The maximum absolute atomic E-state index is 12.2. The quantitative estimate of drug-likeness (QED) is 0.689. The Hall–Kier alpha value is -3.19. The van der Waals surface area contributed by atoms with Gasteiger partial charge >= 0.3 is 0 Å². The number of fused-ring (bicyclic) bond motifs is 2. The molecule has 0 saturated carbocycles. The van der Waals surface area contributed by atoms with Crippen molar-refractivity contribution in [2.75, 3.05) is 11.4 Å². The van der Waals surface area contributed by atoms with Crippen molar-refractivity contribution in [1.29, 1.82) is 0 Å². The average molecular weight is 369 g/mol. The highest BCUT2D eigenvalue weighted by molar-refractivity contribution is 6.31. The van der Waals surface area contributed by atoms with Gasteiger partial charge in [0.25, 0.3) is 5.91 Å². The highest BCUT2D eigenvalue weighted by Gasteiger charge is 2.28. The van der Waals surface area contributed by atoms with Gasteiger partial charge < -0.3 is 15.0 Å². The first-order valence-electron chi connectivity index (χ1n) is 7.86. The number of carbonyl (C=O) groups excluding carboxylic acids is 2. The molecule has 7 nitrogen and oxygen atoms in total. The van der Waals surface area contributed by atoms with Crippen LogP contribution in [0, 0.1) is 0 Å². The lowest BCUT2D eigenvalue weighted by Gasteiger charge is -2.14. The second-order valence-corrected chi connectivity index (χ2v) is 6.33. The second-order valence-electron chi connectivity index (χ2n) is 5.89. The second kappa shape index (κ2) is 6.27. The normalized spacial score (nSPS) is 13.7. The number of nitrogens with zero attached hydrogens (tertiary/aromatic N) is 3. The molecule has 1 aliphatic rings. The zero-order valence-corrected chi connectivity index (χ0v) is 14.2. The molecule has 2 heterocycles. The first kappa shape index (κ1) is 16.3. The minimum atomic E-state index is -0.592. The van der Waals surface area contributed by atoms with E-state index in [1.54, 1.807) is 24.3 Å². The summed E-state index contributed by atoms with van der Waals surface area (Å²) in [7, 11) is 0. The summed E-state index contributed by atoms with van der Waals surface area (Å²) in [6.45, 7) is -0.205. The average Bonchev–Trinajstić information content (AvgIpc) is 3.09. The third-order valence-electron chi connectivity index (χ3n) is 4.19. The summed E-state index contributed by atoms with van der Waals surface area (Å²) in [5, 5.41) is 18.5. The third-order valence-corrected chi connectivity index (χ3v) is 4.43. The zero-order chi connectivity index (χ0) is 18.3. The number of H-pyrrole nitrogens is 1. The van der Waals surface area contributed by atoms with Gasteiger partial charge in [0.2, 0.25) is 11.8 Å². The molecular weight excluding hydrogens is 356 g/mol. The van der Waals surface area contributed by atoms with Crippen LogP contribution in [0.15, 0.2) is 52.7 Å². The predicted molar refractivity (Wildman–Crippen MR) is 97.0 cm³/mol. The lowest BCUT2D eigenvalue weighted by atomic mass is 10.2. The minimum absolute atomic E-state index is 0.129. The first-order chi connectivity index (χ1) is 12.5. The molecule has 1 aliphatic heterocycles. The van der Waals surface area contributed by atoms with E-state index in [4.69, 9.17) is 11.6 Å². The van der Waals surface area contributed by atoms with Crippen molar-refractivity contribution in [3.63, 3.8) is 0 Å². The van der Waals surface area contributed by atoms with Crippen molar-refractivity contribution in [3.8, 4) is 5.88 Å². The number of nitrogens with one attached hydrogen (secondary N) is 1. The van der Waals surface area contributed by atoms with Crippen LogP contribution < -0.4 is 4.90 Å². The molecule has 130 valence electrons. The number of para-hydroxylation sites is 1. The van der Waals surface area contributed by atoms with E-state index < -0.39 is 5.91 Å². The van der Waals surface area contributed by atoms with Gasteiger partial charge in [0.1, 0.15) is 6.54 Å². The number of rotatable bonds is 3. The molecule has 2 amide bonds. The van der Waals surface area contributed by atoms with E-state index in [9.17, 15) is 14.7 Å². The standard InChI is InChI=1S/C18H13ClN4O3/c19-11-5-6-13-12(8-11)17(18(26)20-13)22-21-15(24)9-23-14-4-2-1-3-10(14)7-16(23)25/h1-6,8,20,26H,7,9H2. The number of benzene rings is 2. The highest BCUT2D eigenvalue weighted by Crippen LogP contribution is 2.36. The van der Waals surface area contributed by atoms with Crippen molar-refractivity contribution in [2.45, 2.75) is 6.42 Å². The van der Waals surface area contributed by atoms with Crippen molar-refractivity contribution >= 4 is 45.7 Å². The van der Waals surface area contributed by atoms with Crippen LogP contribution in [0.5, 0.6) is 5.88 Å². The van der Waals surface area contributed by atoms with Crippen LogP contribution in [0.3, 0.4) is 0 Å². The Morgan fingerprint density at radius 2 is 2.08 bits per heavy atom. The smallest absolute Gasteiger partial charge is 0.284 e. The summed E-state index contributed by atoms with van der Waals surface area (Å²) in [6.07, 6.45) is 0.266. The van der Waals surface area contributed by atoms with Crippen LogP contribution in [0.2, 0.25) is 5.02 Å². The number of anilines is 1. The molecule has 0 fully saturated rings. The number of halogens is 1. The Morgan fingerprint density at radius 3 is 2.92 bits per heavy atom. The van der Waals surface area contributed by atoms with E-state index in [0.29, 0.717) is 21.6 Å². The van der Waals surface area contributed by atoms with E-state index in [2.05, 4.69) is 15.2 Å². The predicted octanol–water partition coefficient (Wildman–Crippen LogP) is 3.73. The van der Waals surface area contributed by atoms with Gasteiger partial charge in [-0.25, -0.2) is 0 Å². The summed E-state index contributed by atoms with van der Waals surface area (Å²) in [5.41, 5.74) is 2.34. The Bertz CT molecular complexity index is 1070. The van der Waals surface area contributed by atoms with Gasteiger partial charge in [-0.2, -0.15) is 0 Å². The molecule has 26 heavy (non-hydrogen) atoms. The maximum Gasteiger partial charge on any atom is 0.284 e. The summed E-state index contributed by atoms with van der Waals surface area (Å²) >= 11 is 5.96. The molecule has 0 atom stereocenters. The van der Waals surface area contributed by atoms with Crippen LogP contribution in [0.1, 0.15) is 5.56 Å². The van der Waals surface area contributed by atoms with E-state index in [-0.39, 0.29) is 30.4 Å². The van der Waals surface area contributed by atoms with Gasteiger partial charge in [-0.1, -0.05) is 29.8 Å². The molecular formula is C18H13ClN4O3. The number of amides is 2. The largest absolute Gasteiger partial charge is 0.493 e. The molecule has 1 aromatic heterocycles. The Morgan fingerprint density at radius 1 is 1.27 bits per heavy atom. The molecule has 2 N–H and O–H groups in total.